The van der Waals surface area contributed by atoms with Crippen LogP contribution in [0.3, 0.4) is 0 Å². The van der Waals surface area contributed by atoms with Gasteiger partial charge in [-0.1, -0.05) is 348 Å². The summed E-state index contributed by atoms with van der Waals surface area (Å²) in [6.07, 6.45) is 43.8. The van der Waals surface area contributed by atoms with Gasteiger partial charge in [0.2, 0.25) is 5.91 Å². The van der Waals surface area contributed by atoms with Crippen LogP contribution < -0.4 is 5.32 Å². The summed E-state index contributed by atoms with van der Waals surface area (Å²) < 4.78 is 34.5. The number of nitrogens with one attached hydrogen (secondary N) is 1. The van der Waals surface area contributed by atoms with E-state index in [1.54, 1.807) is 0 Å². The minimum atomic E-state index is -1.97. The van der Waals surface area contributed by atoms with Crippen LogP contribution in [0, 0.1) is 0 Å². The first-order chi connectivity index (χ1) is 47.8. The fourth-order valence-electron chi connectivity index (χ4n) is 14.6. The molecule has 0 saturated carbocycles. The zero-order valence-corrected chi connectivity index (χ0v) is 62.3. The van der Waals surface area contributed by atoms with Gasteiger partial charge in [0.15, 0.2) is 18.9 Å². The fourth-order valence-corrected chi connectivity index (χ4v) is 14.6. The first-order valence-corrected chi connectivity index (χ1v) is 41.3. The van der Waals surface area contributed by atoms with Gasteiger partial charge in [0, 0.05) is 6.42 Å². The van der Waals surface area contributed by atoms with Crippen LogP contribution in [-0.4, -0.2) is 193 Å². The molecule has 0 aromatic carbocycles. The van der Waals surface area contributed by atoms with Crippen molar-refractivity contribution in [2.45, 2.75) is 471 Å². The Bertz CT molecular complexity index is 1770. The van der Waals surface area contributed by atoms with Gasteiger partial charge in [0.1, 0.15) is 73.2 Å². The lowest BCUT2D eigenvalue weighted by Gasteiger charge is -2.48. The van der Waals surface area contributed by atoms with E-state index >= 15 is 0 Å². The van der Waals surface area contributed by atoms with Crippen molar-refractivity contribution in [3.63, 3.8) is 0 Å². The molecule has 3 heterocycles. The lowest BCUT2D eigenvalue weighted by Crippen LogP contribution is -2.66. The molecule has 582 valence electrons. The van der Waals surface area contributed by atoms with Crippen molar-refractivity contribution in [3.8, 4) is 0 Å². The Balaban J connectivity index is 1.28. The van der Waals surface area contributed by atoms with Gasteiger partial charge in [-0.15, -0.1) is 0 Å². The number of ether oxygens (including phenoxy) is 6. The van der Waals surface area contributed by atoms with Gasteiger partial charge in [-0.3, -0.25) is 4.79 Å². The summed E-state index contributed by atoms with van der Waals surface area (Å²) >= 11 is 0. The van der Waals surface area contributed by atoms with Crippen LogP contribution in [0.25, 0.3) is 0 Å². The smallest absolute Gasteiger partial charge is 0.220 e. The maximum atomic E-state index is 13.5. The summed E-state index contributed by atoms with van der Waals surface area (Å²) in [5, 5.41) is 121. The van der Waals surface area contributed by atoms with E-state index in [9.17, 15) is 61.0 Å². The molecule has 3 aliphatic heterocycles. The zero-order valence-electron chi connectivity index (χ0n) is 62.3. The average molecular weight is 1410 g/mol. The molecule has 17 unspecified atom stereocenters. The topological polar surface area (TPSA) is 307 Å². The normalized spacial score (nSPS) is 26.6. The molecule has 17 atom stereocenters. The molecule has 19 nitrogen and oxygen atoms in total. The highest BCUT2D eigenvalue weighted by Gasteiger charge is 2.54. The number of rotatable bonds is 67. The highest BCUT2D eigenvalue weighted by Crippen LogP contribution is 2.33. The van der Waals surface area contributed by atoms with E-state index in [2.05, 4.69) is 19.2 Å². The summed E-state index contributed by atoms with van der Waals surface area (Å²) in [4.78, 5) is 13.5. The number of aliphatic hydroxyl groups is 11. The Morgan fingerprint density at radius 3 is 0.888 bits per heavy atom. The van der Waals surface area contributed by atoms with Crippen LogP contribution in [0.15, 0.2) is 0 Å². The molecular formula is C79H153NO18. The Morgan fingerprint density at radius 1 is 0.327 bits per heavy atom. The van der Waals surface area contributed by atoms with Gasteiger partial charge in [-0.05, 0) is 12.8 Å². The van der Waals surface area contributed by atoms with Crippen LogP contribution >= 0.6 is 0 Å². The Kier molecular flexibility index (Phi) is 56.6. The van der Waals surface area contributed by atoms with Crippen molar-refractivity contribution in [1.82, 2.24) is 5.32 Å². The zero-order chi connectivity index (χ0) is 71.1. The van der Waals surface area contributed by atoms with E-state index in [4.69, 9.17) is 28.4 Å². The van der Waals surface area contributed by atoms with Crippen LogP contribution in [-0.2, 0) is 33.2 Å². The third-order valence-corrected chi connectivity index (χ3v) is 21.2. The first-order valence-electron chi connectivity index (χ1n) is 41.3. The molecule has 0 aliphatic carbocycles. The number of carbonyl (C=O) groups is 1. The van der Waals surface area contributed by atoms with Crippen LogP contribution in [0.2, 0.25) is 0 Å². The SMILES string of the molecule is CCCCCCCCCCCCCCCCCCCCCCCCCCCCCCCCCCCCCCCCC(=O)NC(COC1OC(CO)C(OC2OC(CO)C(OC3OC(CO)C(O)C(O)C3O)C(O)C2O)C(O)C1O)C(O)CCCCCCCCCCCCCCCCC. The molecule has 3 fully saturated rings. The predicted octanol–water partition coefficient (Wildman–Crippen LogP) is 13.8. The summed E-state index contributed by atoms with van der Waals surface area (Å²) in [5.74, 6) is -0.234. The van der Waals surface area contributed by atoms with Crippen molar-refractivity contribution in [1.29, 1.82) is 0 Å². The first kappa shape index (κ1) is 91.0. The van der Waals surface area contributed by atoms with E-state index in [-0.39, 0.29) is 18.9 Å². The Hall–Kier alpha value is -1.21. The van der Waals surface area contributed by atoms with E-state index in [0.717, 1.165) is 44.9 Å². The van der Waals surface area contributed by atoms with Gasteiger partial charge >= 0.3 is 0 Å². The molecule has 3 saturated heterocycles. The molecule has 0 aromatic heterocycles. The largest absolute Gasteiger partial charge is 0.394 e. The van der Waals surface area contributed by atoms with Crippen molar-refractivity contribution < 1.29 is 89.4 Å². The van der Waals surface area contributed by atoms with Gasteiger partial charge in [-0.2, -0.15) is 0 Å². The number of unbranched alkanes of at least 4 members (excludes halogenated alkanes) is 51. The quantitative estimate of drug-likeness (QED) is 0.0252. The monoisotopic (exact) mass is 1400 g/mol. The summed E-state index contributed by atoms with van der Waals surface area (Å²) in [5.41, 5.74) is 0. The van der Waals surface area contributed by atoms with Gasteiger partial charge in [0.05, 0.1) is 38.6 Å². The highest BCUT2D eigenvalue weighted by molar-refractivity contribution is 5.76. The van der Waals surface area contributed by atoms with Crippen molar-refractivity contribution in [3.05, 3.63) is 0 Å². The Labute approximate surface area is 595 Å². The van der Waals surface area contributed by atoms with Gasteiger partial charge in [-0.25, -0.2) is 0 Å². The third-order valence-electron chi connectivity index (χ3n) is 21.2. The fraction of sp³-hybridized carbons (Fsp3) is 0.987. The molecule has 3 aliphatic rings. The van der Waals surface area contributed by atoms with E-state index in [1.807, 2.05) is 0 Å². The molecule has 0 bridgehead atoms. The standard InChI is InChI=1S/C79H153NO18/c1-3-5-7-9-11-13-15-17-19-20-21-22-23-24-25-26-27-28-29-30-31-32-33-34-35-36-37-38-39-40-41-43-45-47-49-51-53-55-57-67(85)80-62(63(84)56-54-52-50-48-46-44-42-18-16-14-12-10-8-6-4-2)61-93-77-73(91)70(88)75(65(59-82)95-77)98-79-74(92)71(89)76(66(60-83)96-79)97-78-72(90)69(87)68(86)64(58-81)94-78/h62-66,68-79,81-84,86-92H,3-61H2,1-2H3,(H,80,85). The average Bonchev–Trinajstić information content (AvgIpc) is 0.785. The molecule has 98 heavy (non-hydrogen) atoms. The van der Waals surface area contributed by atoms with Crippen LogP contribution in [0.1, 0.15) is 367 Å². The summed E-state index contributed by atoms with van der Waals surface area (Å²) in [6, 6.07) is -0.882. The molecule has 1 amide bonds. The molecule has 12 N–H and O–H groups in total. The predicted molar refractivity (Wildman–Crippen MR) is 388 cm³/mol. The van der Waals surface area contributed by atoms with Crippen molar-refractivity contribution >= 4 is 5.91 Å². The van der Waals surface area contributed by atoms with Gasteiger partial charge in [0.25, 0.3) is 0 Å². The molecule has 0 aromatic rings. The van der Waals surface area contributed by atoms with Crippen LogP contribution in [0.4, 0.5) is 0 Å². The van der Waals surface area contributed by atoms with E-state index in [1.165, 1.54) is 289 Å². The molecule has 0 radical (unpaired) electrons. The maximum Gasteiger partial charge on any atom is 0.220 e. The maximum absolute atomic E-state index is 13.5. The second-order valence-corrected chi connectivity index (χ2v) is 30.0. The van der Waals surface area contributed by atoms with Crippen molar-refractivity contribution in [2.24, 2.45) is 0 Å². The third kappa shape index (κ3) is 40.9. The number of carbonyl (C=O) groups excluding carboxylic acids is 1. The molecular weight excluding hydrogens is 1250 g/mol. The minimum Gasteiger partial charge on any atom is -0.394 e. The second kappa shape index (κ2) is 61.0. The van der Waals surface area contributed by atoms with E-state index in [0.29, 0.717) is 12.8 Å². The number of hydrogen-bond acceptors (Lipinski definition) is 18. The number of hydrogen-bond donors (Lipinski definition) is 12. The summed E-state index contributed by atoms with van der Waals surface area (Å²) in [6.45, 7) is 1.86. The summed E-state index contributed by atoms with van der Waals surface area (Å²) in [7, 11) is 0. The lowest BCUT2D eigenvalue weighted by molar-refractivity contribution is -0.379. The second-order valence-electron chi connectivity index (χ2n) is 30.0. The highest BCUT2D eigenvalue weighted by atomic mass is 16.8. The Morgan fingerprint density at radius 2 is 0.582 bits per heavy atom. The lowest BCUT2D eigenvalue weighted by atomic mass is 9.96. The minimum absolute atomic E-state index is 0.234. The number of amides is 1. The molecule has 0 spiro atoms. The van der Waals surface area contributed by atoms with Crippen LogP contribution in [0.5, 0.6) is 0 Å². The number of aliphatic hydroxyl groups excluding tert-OH is 11. The van der Waals surface area contributed by atoms with E-state index < -0.39 is 124 Å². The molecule has 3 rings (SSSR count). The van der Waals surface area contributed by atoms with Crippen molar-refractivity contribution in [2.75, 3.05) is 26.4 Å². The molecule has 19 heteroatoms. The van der Waals surface area contributed by atoms with Gasteiger partial charge < -0.3 is 89.9 Å².